The van der Waals surface area contributed by atoms with Crippen LogP contribution in [0, 0.1) is 11.3 Å². The van der Waals surface area contributed by atoms with Crippen LogP contribution in [-0.2, 0) is 21.8 Å². The van der Waals surface area contributed by atoms with Gasteiger partial charge in [-0.05, 0) is 58.0 Å². The van der Waals surface area contributed by atoms with Crippen LogP contribution in [0.25, 0.3) is 0 Å². The Morgan fingerprint density at radius 1 is 0.952 bits per heavy atom. The van der Waals surface area contributed by atoms with Crippen LogP contribution in [0.4, 0.5) is 40.8 Å². The predicted molar refractivity (Wildman–Crippen MR) is 143 cm³/mol. The maximum atomic E-state index is 13.2. The number of nitrogens with zero attached hydrogens (tertiary/aromatic N) is 2. The number of nitriles is 1. The van der Waals surface area contributed by atoms with E-state index in [0.29, 0.717) is 19.0 Å². The minimum absolute atomic E-state index is 0.0772. The number of anilines is 1. The molecule has 0 aliphatic heterocycles. The molecule has 1 aromatic rings. The molecule has 0 saturated heterocycles. The van der Waals surface area contributed by atoms with Crippen molar-refractivity contribution >= 4 is 22.4 Å². The summed E-state index contributed by atoms with van der Waals surface area (Å²) in [6.45, 7) is 1.72. The van der Waals surface area contributed by atoms with E-state index in [9.17, 15) is 49.2 Å². The second-order valence-electron chi connectivity index (χ2n) is 10.5. The Bertz CT molecular complexity index is 1070. The van der Waals surface area contributed by atoms with Crippen molar-refractivity contribution in [2.24, 2.45) is 0 Å². The zero-order valence-electron chi connectivity index (χ0n) is 23.5. The van der Waals surface area contributed by atoms with E-state index in [1.807, 2.05) is 0 Å². The average molecular weight is 636 g/mol. The first-order valence-electron chi connectivity index (χ1n) is 13.4. The second kappa shape index (κ2) is 16.5. The molecule has 1 rings (SSSR count). The number of rotatable bonds is 18. The Morgan fingerprint density at radius 3 is 2.05 bits per heavy atom. The van der Waals surface area contributed by atoms with Gasteiger partial charge in [0.05, 0.1) is 17.2 Å². The molecule has 0 fully saturated rings. The highest BCUT2D eigenvalue weighted by molar-refractivity contribution is 7.84. The number of likely N-dealkylation sites (N-methyl/N-ethyl adjacent to an activating group) is 1. The number of carbonyl (C=O) groups excluding carboxylic acids is 1. The number of hydrogen-bond donors (Lipinski definition) is 2. The second-order valence-corrected chi connectivity index (χ2v) is 12.2. The van der Waals surface area contributed by atoms with Gasteiger partial charge in [-0.25, -0.2) is 0 Å². The number of carbonyl (C=O) groups is 1. The summed E-state index contributed by atoms with van der Waals surface area (Å²) in [5.41, 5.74) is -3.88. The van der Waals surface area contributed by atoms with Crippen molar-refractivity contribution in [3.8, 4) is 6.07 Å². The highest BCUT2D eigenvalue weighted by Crippen LogP contribution is 2.39. The van der Waals surface area contributed by atoms with Gasteiger partial charge in [-0.1, -0.05) is 32.1 Å². The van der Waals surface area contributed by atoms with Gasteiger partial charge in [0.25, 0.3) is 5.91 Å². The van der Waals surface area contributed by atoms with E-state index in [1.54, 1.807) is 11.9 Å². The molecule has 240 valence electrons. The fourth-order valence-corrected chi connectivity index (χ4v) is 5.32. The quantitative estimate of drug-likeness (QED) is 0.139. The lowest BCUT2D eigenvalue weighted by Crippen LogP contribution is -2.48. The summed E-state index contributed by atoms with van der Waals surface area (Å²) >= 11 is 0. The minimum Gasteiger partial charge on any atom is -0.379 e. The van der Waals surface area contributed by atoms with Crippen molar-refractivity contribution in [1.29, 1.82) is 5.26 Å². The first kappa shape index (κ1) is 37.7. The fourth-order valence-electron chi connectivity index (χ4n) is 4.12. The molecule has 0 aromatic heterocycles. The Balaban J connectivity index is 2.25. The third-order valence-electron chi connectivity index (χ3n) is 6.46. The van der Waals surface area contributed by atoms with Gasteiger partial charge in [0.2, 0.25) is 0 Å². The third-order valence-corrected chi connectivity index (χ3v) is 7.95. The molecular formula is C27H37F8N3O3S. The minimum atomic E-state index is -5.59. The van der Waals surface area contributed by atoms with Gasteiger partial charge in [-0.3, -0.25) is 9.00 Å². The van der Waals surface area contributed by atoms with Crippen molar-refractivity contribution in [1.82, 2.24) is 4.90 Å². The molecule has 0 bridgehead atoms. The summed E-state index contributed by atoms with van der Waals surface area (Å²) in [7, 11) is 0.251. The van der Waals surface area contributed by atoms with Crippen LogP contribution < -0.4 is 5.32 Å². The van der Waals surface area contributed by atoms with Gasteiger partial charge in [0.15, 0.2) is 5.60 Å². The lowest BCUT2D eigenvalue weighted by molar-refractivity contribution is -0.284. The summed E-state index contributed by atoms with van der Waals surface area (Å²) in [4.78, 5) is 14.3. The highest BCUT2D eigenvalue weighted by atomic mass is 32.2. The fraction of sp³-hybridized carbons (Fsp3) is 0.704. The highest BCUT2D eigenvalue weighted by Gasteiger charge is 2.56. The maximum absolute atomic E-state index is 13.2. The molecule has 1 unspecified atom stereocenters. The van der Waals surface area contributed by atoms with Gasteiger partial charge in [0.1, 0.15) is 0 Å². The van der Waals surface area contributed by atoms with Crippen LogP contribution >= 0.6 is 0 Å². The number of alkyl halides is 8. The van der Waals surface area contributed by atoms with Gasteiger partial charge < -0.3 is 15.3 Å². The van der Waals surface area contributed by atoms with E-state index < -0.39 is 64.6 Å². The first-order chi connectivity index (χ1) is 19.3. The number of nitrogens with one attached hydrogen (secondary N) is 1. The molecule has 0 radical (unpaired) electrons. The normalized spacial score (nSPS) is 14.8. The van der Waals surface area contributed by atoms with Crippen LogP contribution in [0.15, 0.2) is 18.2 Å². The lowest BCUT2D eigenvalue weighted by Gasteiger charge is -2.28. The van der Waals surface area contributed by atoms with E-state index in [4.69, 9.17) is 5.26 Å². The number of halogens is 8. The molecule has 6 nitrogen and oxygen atoms in total. The molecule has 42 heavy (non-hydrogen) atoms. The van der Waals surface area contributed by atoms with E-state index in [-0.39, 0.29) is 23.7 Å². The standard InChI is InChI=1S/C27H37F8N3O3S/c1-24(40,23(39)37-21-12-11-20(18-36)22(17-21)26(30,31)32)19-38(2)14-8-6-4-3-5-7-9-15-42(41)16-10-13-25(28,29)27(33,34)35/h11-12,17,40H,3-10,13-16,19H2,1-2H3,(H,37,39)/t24-,42?/m0/s1. The number of benzene rings is 1. The molecule has 0 heterocycles. The van der Waals surface area contributed by atoms with Gasteiger partial charge in [-0.2, -0.15) is 40.4 Å². The molecule has 0 spiro atoms. The predicted octanol–water partition coefficient (Wildman–Crippen LogP) is 6.66. The van der Waals surface area contributed by atoms with Crippen molar-refractivity contribution in [2.75, 3.05) is 37.0 Å². The van der Waals surface area contributed by atoms with Crippen molar-refractivity contribution in [2.45, 2.75) is 88.6 Å². The van der Waals surface area contributed by atoms with Crippen LogP contribution in [0.5, 0.6) is 0 Å². The smallest absolute Gasteiger partial charge is 0.379 e. The van der Waals surface area contributed by atoms with E-state index >= 15 is 0 Å². The van der Waals surface area contributed by atoms with Crippen molar-refractivity contribution in [3.63, 3.8) is 0 Å². The molecule has 0 saturated carbocycles. The number of hydrogen-bond acceptors (Lipinski definition) is 5. The number of unbranched alkanes of at least 4 members (excludes halogenated alkanes) is 6. The van der Waals surface area contributed by atoms with E-state index in [0.717, 1.165) is 50.7 Å². The third kappa shape index (κ3) is 13.3. The zero-order valence-corrected chi connectivity index (χ0v) is 24.3. The molecular weight excluding hydrogens is 598 g/mol. The molecule has 0 aliphatic carbocycles. The Kier molecular flexibility index (Phi) is 14.8. The largest absolute Gasteiger partial charge is 0.453 e. The van der Waals surface area contributed by atoms with Gasteiger partial charge in [-0.15, -0.1) is 0 Å². The van der Waals surface area contributed by atoms with Gasteiger partial charge >= 0.3 is 18.3 Å². The Hall–Kier alpha value is -2.31. The van der Waals surface area contributed by atoms with Crippen molar-refractivity contribution < 1.29 is 49.2 Å². The molecule has 2 atom stereocenters. The number of aliphatic hydroxyl groups is 1. The number of amides is 1. The molecule has 2 N–H and O–H groups in total. The Morgan fingerprint density at radius 2 is 1.50 bits per heavy atom. The van der Waals surface area contributed by atoms with Crippen LogP contribution in [0.2, 0.25) is 0 Å². The monoisotopic (exact) mass is 635 g/mol. The summed E-state index contributed by atoms with van der Waals surface area (Å²) in [6.07, 6.45) is -6.64. The SMILES string of the molecule is CN(CCCCCCCCCS(=O)CCCC(F)(F)C(F)(F)F)C[C@](C)(O)C(=O)Nc1ccc(C#N)c(C(F)(F)F)c1. The summed E-state index contributed by atoms with van der Waals surface area (Å²) < 4.78 is 113. The van der Waals surface area contributed by atoms with Gasteiger partial charge in [0, 0.05) is 41.0 Å². The molecule has 15 heteroatoms. The van der Waals surface area contributed by atoms with Crippen molar-refractivity contribution in [3.05, 3.63) is 29.3 Å². The summed E-state index contributed by atoms with van der Waals surface area (Å²) in [6, 6.07) is 4.19. The molecule has 1 amide bonds. The van der Waals surface area contributed by atoms with Crippen LogP contribution in [0.1, 0.15) is 75.8 Å². The topological polar surface area (TPSA) is 93.4 Å². The van der Waals surface area contributed by atoms with E-state index in [1.165, 1.54) is 13.0 Å². The van der Waals surface area contributed by atoms with Crippen LogP contribution in [0.3, 0.4) is 0 Å². The van der Waals surface area contributed by atoms with E-state index in [2.05, 4.69) is 5.32 Å². The first-order valence-corrected chi connectivity index (χ1v) is 14.9. The summed E-state index contributed by atoms with van der Waals surface area (Å²) in [5, 5.41) is 21.7. The molecule has 0 aliphatic rings. The average Bonchev–Trinajstić information content (AvgIpc) is 2.86. The van der Waals surface area contributed by atoms with Crippen LogP contribution in [-0.4, -0.2) is 69.5 Å². The Labute approximate surface area is 242 Å². The molecule has 1 aromatic carbocycles. The lowest BCUT2D eigenvalue weighted by atomic mass is 10.0. The maximum Gasteiger partial charge on any atom is 0.453 e. The summed E-state index contributed by atoms with van der Waals surface area (Å²) in [5.74, 6) is -5.60. The zero-order chi connectivity index (χ0) is 32.2.